The topological polar surface area (TPSA) is 26.3 Å². The maximum atomic E-state index is 12.8. The van der Waals surface area contributed by atoms with Gasteiger partial charge in [0.25, 0.3) is 0 Å². The fourth-order valence-corrected chi connectivity index (χ4v) is 2.24. The zero-order valence-corrected chi connectivity index (χ0v) is 12.5. The predicted molar refractivity (Wildman–Crippen MR) is 81.7 cm³/mol. The van der Waals surface area contributed by atoms with Gasteiger partial charge < -0.3 is 4.74 Å². The molecular formula is C18H20O2. The van der Waals surface area contributed by atoms with E-state index < -0.39 is 0 Å². The summed E-state index contributed by atoms with van der Waals surface area (Å²) in [7, 11) is 0. The van der Waals surface area contributed by atoms with Crippen LogP contribution in [0, 0.1) is 20.8 Å². The van der Waals surface area contributed by atoms with Crippen LogP contribution in [0.5, 0.6) is 5.75 Å². The lowest BCUT2D eigenvalue weighted by Crippen LogP contribution is -2.08. The fourth-order valence-electron chi connectivity index (χ4n) is 2.24. The van der Waals surface area contributed by atoms with Crippen LogP contribution in [0.3, 0.4) is 0 Å². The van der Waals surface area contributed by atoms with Crippen LogP contribution in [0.15, 0.2) is 36.4 Å². The van der Waals surface area contributed by atoms with E-state index in [4.69, 9.17) is 4.74 Å². The minimum Gasteiger partial charge on any atom is -0.493 e. The molecule has 20 heavy (non-hydrogen) atoms. The minimum atomic E-state index is 0.0263. The third-order valence-electron chi connectivity index (χ3n) is 3.53. The van der Waals surface area contributed by atoms with E-state index in [1.165, 1.54) is 0 Å². The monoisotopic (exact) mass is 268 g/mol. The van der Waals surface area contributed by atoms with E-state index in [0.717, 1.165) is 22.3 Å². The summed E-state index contributed by atoms with van der Waals surface area (Å²) in [4.78, 5) is 12.8. The second-order valence-corrected chi connectivity index (χ2v) is 5.01. The van der Waals surface area contributed by atoms with E-state index in [2.05, 4.69) is 0 Å². The molecule has 0 bridgehead atoms. The van der Waals surface area contributed by atoms with Gasteiger partial charge in [0.1, 0.15) is 5.75 Å². The SMILES string of the molecule is CCOc1ccc(C)cc1C(=O)c1cccc(C)c1C. The van der Waals surface area contributed by atoms with Crippen molar-refractivity contribution >= 4 is 5.78 Å². The first kappa shape index (κ1) is 14.3. The van der Waals surface area contributed by atoms with Gasteiger partial charge in [0.2, 0.25) is 0 Å². The largest absolute Gasteiger partial charge is 0.493 e. The molecule has 0 aliphatic rings. The van der Waals surface area contributed by atoms with Crippen LogP contribution >= 0.6 is 0 Å². The Labute approximate surface area is 120 Å². The lowest BCUT2D eigenvalue weighted by molar-refractivity contribution is 0.103. The number of carbonyl (C=O) groups is 1. The number of benzene rings is 2. The highest BCUT2D eigenvalue weighted by molar-refractivity contribution is 6.11. The molecule has 0 spiro atoms. The summed E-state index contributed by atoms with van der Waals surface area (Å²) >= 11 is 0. The molecule has 104 valence electrons. The van der Waals surface area contributed by atoms with E-state index in [0.29, 0.717) is 17.9 Å². The molecule has 0 saturated carbocycles. The van der Waals surface area contributed by atoms with Crippen molar-refractivity contribution < 1.29 is 9.53 Å². The molecule has 0 N–H and O–H groups in total. The van der Waals surface area contributed by atoms with Crippen LogP contribution in [0.2, 0.25) is 0 Å². The predicted octanol–water partition coefficient (Wildman–Crippen LogP) is 4.24. The van der Waals surface area contributed by atoms with Crippen molar-refractivity contribution in [2.75, 3.05) is 6.61 Å². The Morgan fingerprint density at radius 2 is 1.80 bits per heavy atom. The molecule has 0 unspecified atom stereocenters. The molecule has 2 nitrogen and oxygen atoms in total. The third kappa shape index (κ3) is 2.74. The highest BCUT2D eigenvalue weighted by Gasteiger charge is 2.17. The molecule has 2 aromatic carbocycles. The molecular weight excluding hydrogens is 248 g/mol. The van der Waals surface area contributed by atoms with Gasteiger partial charge in [0.05, 0.1) is 12.2 Å². The van der Waals surface area contributed by atoms with Crippen LogP contribution in [0.1, 0.15) is 39.5 Å². The fraction of sp³-hybridized carbons (Fsp3) is 0.278. The minimum absolute atomic E-state index is 0.0263. The molecule has 2 heteroatoms. The molecule has 0 radical (unpaired) electrons. The second-order valence-electron chi connectivity index (χ2n) is 5.01. The number of carbonyl (C=O) groups excluding carboxylic acids is 1. The van der Waals surface area contributed by atoms with Gasteiger partial charge in [-0.05, 0) is 51.0 Å². The van der Waals surface area contributed by atoms with Crippen molar-refractivity contribution in [1.29, 1.82) is 0 Å². The number of ketones is 1. The third-order valence-corrected chi connectivity index (χ3v) is 3.53. The Kier molecular flexibility index (Phi) is 4.23. The quantitative estimate of drug-likeness (QED) is 0.775. The average Bonchev–Trinajstić information content (AvgIpc) is 2.43. The van der Waals surface area contributed by atoms with Gasteiger partial charge in [0, 0.05) is 5.56 Å². The van der Waals surface area contributed by atoms with Gasteiger partial charge in [-0.3, -0.25) is 4.79 Å². The molecule has 0 fully saturated rings. The van der Waals surface area contributed by atoms with Crippen LogP contribution in [0.4, 0.5) is 0 Å². The lowest BCUT2D eigenvalue weighted by atomic mass is 9.95. The Morgan fingerprint density at radius 1 is 1.05 bits per heavy atom. The Bertz CT molecular complexity index is 642. The number of hydrogen-bond donors (Lipinski definition) is 0. The van der Waals surface area contributed by atoms with Crippen molar-refractivity contribution in [3.8, 4) is 5.75 Å². The molecule has 0 heterocycles. The summed E-state index contributed by atoms with van der Waals surface area (Å²) in [6.07, 6.45) is 0. The zero-order chi connectivity index (χ0) is 14.7. The van der Waals surface area contributed by atoms with Gasteiger partial charge in [-0.2, -0.15) is 0 Å². The molecule has 0 amide bonds. The van der Waals surface area contributed by atoms with Crippen LogP contribution in [0.25, 0.3) is 0 Å². The number of ether oxygens (including phenoxy) is 1. The molecule has 0 aliphatic carbocycles. The maximum Gasteiger partial charge on any atom is 0.197 e. The van der Waals surface area contributed by atoms with E-state index in [1.807, 2.05) is 64.1 Å². The highest BCUT2D eigenvalue weighted by Crippen LogP contribution is 2.25. The summed E-state index contributed by atoms with van der Waals surface area (Å²) in [5, 5.41) is 0. The molecule has 0 saturated heterocycles. The van der Waals surface area contributed by atoms with E-state index in [9.17, 15) is 4.79 Å². The Hall–Kier alpha value is -2.09. The standard InChI is InChI=1S/C18H20O2/c1-5-20-17-10-9-12(2)11-16(17)18(19)15-8-6-7-13(3)14(15)4/h6-11H,5H2,1-4H3. The van der Waals surface area contributed by atoms with Gasteiger partial charge in [-0.1, -0.05) is 29.8 Å². The van der Waals surface area contributed by atoms with Crippen molar-refractivity contribution in [3.63, 3.8) is 0 Å². The Morgan fingerprint density at radius 3 is 2.50 bits per heavy atom. The zero-order valence-electron chi connectivity index (χ0n) is 12.5. The van der Waals surface area contributed by atoms with Crippen molar-refractivity contribution in [2.24, 2.45) is 0 Å². The van der Waals surface area contributed by atoms with E-state index in [1.54, 1.807) is 0 Å². The molecule has 2 aromatic rings. The first-order valence-electron chi connectivity index (χ1n) is 6.89. The van der Waals surface area contributed by atoms with Gasteiger partial charge >= 0.3 is 0 Å². The lowest BCUT2D eigenvalue weighted by Gasteiger charge is -2.12. The van der Waals surface area contributed by atoms with E-state index in [-0.39, 0.29) is 5.78 Å². The number of hydrogen-bond acceptors (Lipinski definition) is 2. The van der Waals surface area contributed by atoms with Gasteiger partial charge in [-0.25, -0.2) is 0 Å². The van der Waals surface area contributed by atoms with Crippen LogP contribution in [-0.2, 0) is 0 Å². The number of aryl methyl sites for hydroxylation is 2. The molecule has 0 aromatic heterocycles. The second kappa shape index (κ2) is 5.91. The molecule has 0 aliphatic heterocycles. The van der Waals surface area contributed by atoms with Gasteiger partial charge in [0.15, 0.2) is 5.78 Å². The molecule has 0 atom stereocenters. The molecule has 2 rings (SSSR count). The summed E-state index contributed by atoms with van der Waals surface area (Å²) < 4.78 is 5.58. The van der Waals surface area contributed by atoms with Crippen LogP contribution in [-0.4, -0.2) is 12.4 Å². The highest BCUT2D eigenvalue weighted by atomic mass is 16.5. The maximum absolute atomic E-state index is 12.8. The Balaban J connectivity index is 2.52. The first-order chi connectivity index (χ1) is 9.54. The summed E-state index contributed by atoms with van der Waals surface area (Å²) in [5.41, 5.74) is 4.60. The van der Waals surface area contributed by atoms with Crippen molar-refractivity contribution in [1.82, 2.24) is 0 Å². The van der Waals surface area contributed by atoms with Gasteiger partial charge in [-0.15, -0.1) is 0 Å². The van der Waals surface area contributed by atoms with Crippen molar-refractivity contribution in [3.05, 3.63) is 64.2 Å². The number of rotatable bonds is 4. The summed E-state index contributed by atoms with van der Waals surface area (Å²) in [6, 6.07) is 11.6. The van der Waals surface area contributed by atoms with Crippen molar-refractivity contribution in [2.45, 2.75) is 27.7 Å². The average molecular weight is 268 g/mol. The normalized spacial score (nSPS) is 10.4. The smallest absolute Gasteiger partial charge is 0.197 e. The summed E-state index contributed by atoms with van der Waals surface area (Å²) in [6.45, 7) is 8.46. The summed E-state index contributed by atoms with van der Waals surface area (Å²) in [5.74, 6) is 0.683. The van der Waals surface area contributed by atoms with E-state index >= 15 is 0 Å². The van der Waals surface area contributed by atoms with Crippen LogP contribution < -0.4 is 4.74 Å². The first-order valence-corrected chi connectivity index (χ1v) is 6.89.